The molecule has 2 rings (SSSR count). The van der Waals surface area contributed by atoms with Crippen molar-refractivity contribution in [3.05, 3.63) is 23.9 Å². The minimum absolute atomic E-state index is 0. The van der Waals surface area contributed by atoms with Gasteiger partial charge >= 0.3 is 0 Å². The summed E-state index contributed by atoms with van der Waals surface area (Å²) in [6.07, 6.45) is 1.12. The summed E-state index contributed by atoms with van der Waals surface area (Å²) >= 11 is 0. The number of likely N-dealkylation sites (tertiary alicyclic amines) is 1. The van der Waals surface area contributed by atoms with Gasteiger partial charge in [0, 0.05) is 38.7 Å². The molecule has 0 aromatic carbocycles. The number of aromatic nitrogens is 1. The van der Waals surface area contributed by atoms with Crippen molar-refractivity contribution in [2.45, 2.75) is 19.9 Å². The van der Waals surface area contributed by atoms with Gasteiger partial charge in [-0.05, 0) is 19.4 Å². The van der Waals surface area contributed by atoms with Crippen molar-refractivity contribution in [2.24, 2.45) is 10.9 Å². The third kappa shape index (κ3) is 7.63. The molecule has 1 atom stereocenters. The molecule has 1 unspecified atom stereocenters. The van der Waals surface area contributed by atoms with Crippen LogP contribution in [0.4, 0.5) is 0 Å². The summed E-state index contributed by atoms with van der Waals surface area (Å²) < 4.78 is 15.8. The molecule has 1 saturated heterocycles. The molecule has 1 aromatic heterocycles. The standard InChI is InChI=1S/C18H30N4O3.HI/c1-4-19-18(20-12-16-6-5-7-17(21-16)24-3)22-9-8-15(13-22)14-25-11-10-23-2;/h5-7,15H,4,8-14H2,1-3H3,(H,19,20);1H. The normalized spacial score (nSPS) is 17.1. The number of methoxy groups -OCH3 is 2. The molecule has 0 spiro atoms. The smallest absolute Gasteiger partial charge is 0.213 e. The third-order valence-electron chi connectivity index (χ3n) is 4.09. The Balaban J connectivity index is 0.00000338. The van der Waals surface area contributed by atoms with Gasteiger partial charge < -0.3 is 24.4 Å². The fourth-order valence-electron chi connectivity index (χ4n) is 2.79. The van der Waals surface area contributed by atoms with E-state index in [4.69, 9.17) is 19.2 Å². The molecular weight excluding hydrogens is 447 g/mol. The predicted molar refractivity (Wildman–Crippen MR) is 113 cm³/mol. The van der Waals surface area contributed by atoms with Crippen LogP contribution in [-0.2, 0) is 16.0 Å². The highest BCUT2D eigenvalue weighted by atomic mass is 127. The van der Waals surface area contributed by atoms with Gasteiger partial charge in [0.25, 0.3) is 0 Å². The third-order valence-corrected chi connectivity index (χ3v) is 4.09. The van der Waals surface area contributed by atoms with Gasteiger partial charge in [-0.2, -0.15) is 0 Å². The number of rotatable bonds is 9. The van der Waals surface area contributed by atoms with Crippen LogP contribution < -0.4 is 10.1 Å². The molecule has 0 radical (unpaired) electrons. The highest BCUT2D eigenvalue weighted by Crippen LogP contribution is 2.17. The van der Waals surface area contributed by atoms with E-state index < -0.39 is 0 Å². The van der Waals surface area contributed by atoms with E-state index in [9.17, 15) is 0 Å². The predicted octanol–water partition coefficient (Wildman–Crippen LogP) is 2.16. The number of pyridine rings is 1. The first kappa shape index (κ1) is 22.9. The Bertz CT molecular complexity index is 545. The second kappa shape index (κ2) is 13.1. The Morgan fingerprint density at radius 1 is 1.35 bits per heavy atom. The fraction of sp³-hybridized carbons (Fsp3) is 0.667. The minimum atomic E-state index is 0. The van der Waals surface area contributed by atoms with Crippen molar-refractivity contribution in [1.82, 2.24) is 15.2 Å². The van der Waals surface area contributed by atoms with Gasteiger partial charge in [0.1, 0.15) is 0 Å². The van der Waals surface area contributed by atoms with Crippen LogP contribution >= 0.6 is 24.0 Å². The zero-order chi connectivity index (χ0) is 17.9. The molecule has 26 heavy (non-hydrogen) atoms. The number of guanidine groups is 1. The monoisotopic (exact) mass is 478 g/mol. The summed E-state index contributed by atoms with van der Waals surface area (Å²) in [6, 6.07) is 5.74. The van der Waals surface area contributed by atoms with Crippen molar-refractivity contribution >= 4 is 29.9 Å². The second-order valence-electron chi connectivity index (χ2n) is 6.01. The summed E-state index contributed by atoms with van der Waals surface area (Å²) in [5.41, 5.74) is 0.897. The van der Waals surface area contributed by atoms with E-state index in [2.05, 4.69) is 22.1 Å². The summed E-state index contributed by atoms with van der Waals surface area (Å²) in [6.45, 7) is 7.50. The van der Waals surface area contributed by atoms with E-state index in [0.717, 1.165) is 44.3 Å². The van der Waals surface area contributed by atoms with Gasteiger partial charge in [-0.1, -0.05) is 6.07 Å². The SMILES string of the molecule is CCNC(=NCc1cccc(OC)n1)N1CCC(COCCOC)C1.I. The van der Waals surface area contributed by atoms with Gasteiger partial charge in [-0.15, -0.1) is 24.0 Å². The molecule has 0 aliphatic carbocycles. The van der Waals surface area contributed by atoms with Crippen molar-refractivity contribution in [2.75, 3.05) is 53.7 Å². The first-order valence-electron chi connectivity index (χ1n) is 8.86. The summed E-state index contributed by atoms with van der Waals surface area (Å²) in [4.78, 5) is 11.5. The van der Waals surface area contributed by atoms with E-state index in [-0.39, 0.29) is 24.0 Å². The molecule has 1 aromatic rings. The first-order chi connectivity index (χ1) is 12.3. The number of nitrogens with zero attached hydrogens (tertiary/aromatic N) is 3. The number of hydrogen-bond donors (Lipinski definition) is 1. The van der Waals surface area contributed by atoms with Gasteiger partial charge in [0.2, 0.25) is 5.88 Å². The maximum Gasteiger partial charge on any atom is 0.213 e. The van der Waals surface area contributed by atoms with Crippen molar-refractivity contribution in [3.63, 3.8) is 0 Å². The fourth-order valence-corrected chi connectivity index (χ4v) is 2.79. The largest absolute Gasteiger partial charge is 0.481 e. The Hall–Kier alpha value is -1.13. The summed E-state index contributed by atoms with van der Waals surface area (Å²) in [5.74, 6) is 2.09. The van der Waals surface area contributed by atoms with Crippen molar-refractivity contribution < 1.29 is 14.2 Å². The van der Waals surface area contributed by atoms with Crippen LogP contribution in [0.25, 0.3) is 0 Å². The molecule has 0 saturated carbocycles. The molecule has 148 valence electrons. The van der Waals surface area contributed by atoms with Crippen LogP contribution in [0.1, 0.15) is 19.0 Å². The lowest BCUT2D eigenvalue weighted by Crippen LogP contribution is -2.40. The van der Waals surface area contributed by atoms with E-state index >= 15 is 0 Å². The highest BCUT2D eigenvalue weighted by molar-refractivity contribution is 14.0. The number of hydrogen-bond acceptors (Lipinski definition) is 5. The molecule has 2 heterocycles. The van der Waals surface area contributed by atoms with Crippen molar-refractivity contribution in [3.8, 4) is 5.88 Å². The van der Waals surface area contributed by atoms with Crippen LogP contribution in [0.2, 0.25) is 0 Å². The zero-order valence-electron chi connectivity index (χ0n) is 15.9. The van der Waals surface area contributed by atoms with E-state index in [1.807, 2.05) is 18.2 Å². The van der Waals surface area contributed by atoms with Gasteiger partial charge in [-0.3, -0.25) is 0 Å². The summed E-state index contributed by atoms with van der Waals surface area (Å²) in [5, 5.41) is 3.38. The molecular formula is C18H31IN4O3. The topological polar surface area (TPSA) is 68.2 Å². The Morgan fingerprint density at radius 2 is 2.19 bits per heavy atom. The average molecular weight is 478 g/mol. The molecule has 1 fully saturated rings. The lowest BCUT2D eigenvalue weighted by molar-refractivity contribution is 0.0536. The lowest BCUT2D eigenvalue weighted by atomic mass is 10.1. The number of aliphatic imine (C=N–C) groups is 1. The number of halogens is 1. The average Bonchev–Trinajstić information content (AvgIpc) is 3.11. The van der Waals surface area contributed by atoms with Gasteiger partial charge in [0.05, 0.1) is 39.2 Å². The zero-order valence-corrected chi connectivity index (χ0v) is 18.3. The van der Waals surface area contributed by atoms with Gasteiger partial charge in [0.15, 0.2) is 5.96 Å². The summed E-state index contributed by atoms with van der Waals surface area (Å²) in [7, 11) is 3.32. The molecule has 0 bridgehead atoms. The first-order valence-corrected chi connectivity index (χ1v) is 8.86. The van der Waals surface area contributed by atoms with E-state index in [0.29, 0.717) is 31.6 Å². The lowest BCUT2D eigenvalue weighted by Gasteiger charge is -2.21. The maximum absolute atomic E-state index is 5.66. The van der Waals surface area contributed by atoms with Crippen LogP contribution in [0.15, 0.2) is 23.2 Å². The molecule has 8 heteroatoms. The Labute approximate surface area is 173 Å². The molecule has 1 N–H and O–H groups in total. The molecule has 1 aliphatic rings. The van der Waals surface area contributed by atoms with Crippen LogP contribution in [0.3, 0.4) is 0 Å². The van der Waals surface area contributed by atoms with Crippen LogP contribution in [0.5, 0.6) is 5.88 Å². The number of ether oxygens (including phenoxy) is 3. The Morgan fingerprint density at radius 3 is 2.92 bits per heavy atom. The second-order valence-corrected chi connectivity index (χ2v) is 6.01. The quantitative estimate of drug-likeness (QED) is 0.254. The van der Waals surface area contributed by atoms with E-state index in [1.54, 1.807) is 14.2 Å². The van der Waals surface area contributed by atoms with Crippen molar-refractivity contribution in [1.29, 1.82) is 0 Å². The number of nitrogens with one attached hydrogen (secondary N) is 1. The van der Waals surface area contributed by atoms with Crippen LogP contribution in [0, 0.1) is 5.92 Å². The molecule has 0 amide bonds. The van der Waals surface area contributed by atoms with E-state index in [1.165, 1.54) is 0 Å². The molecule has 7 nitrogen and oxygen atoms in total. The molecule has 1 aliphatic heterocycles. The van der Waals surface area contributed by atoms with Crippen LogP contribution in [-0.4, -0.2) is 69.5 Å². The minimum Gasteiger partial charge on any atom is -0.481 e. The highest BCUT2D eigenvalue weighted by Gasteiger charge is 2.24. The maximum atomic E-state index is 5.66. The van der Waals surface area contributed by atoms with Gasteiger partial charge in [-0.25, -0.2) is 9.98 Å². The Kier molecular flexibility index (Phi) is 11.5.